The Hall–Kier alpha value is -2.28. The SMILES string of the molecule is CCCn1nnnc1CN(CC)[C@@H]1CCN(c2ccccc2)C1=O. The molecule has 0 saturated carbocycles. The summed E-state index contributed by atoms with van der Waals surface area (Å²) >= 11 is 0. The molecule has 1 aliphatic rings. The molecule has 128 valence electrons. The molecule has 0 unspecified atom stereocenters. The second-order valence-electron chi connectivity index (χ2n) is 6.01. The minimum Gasteiger partial charge on any atom is -0.311 e. The van der Waals surface area contributed by atoms with Crippen molar-refractivity contribution in [1.29, 1.82) is 0 Å². The molecule has 24 heavy (non-hydrogen) atoms. The predicted molar refractivity (Wildman–Crippen MR) is 91.4 cm³/mol. The lowest BCUT2D eigenvalue weighted by molar-refractivity contribution is -0.121. The van der Waals surface area contributed by atoms with Crippen LogP contribution in [0.2, 0.25) is 0 Å². The zero-order valence-corrected chi connectivity index (χ0v) is 14.3. The van der Waals surface area contributed by atoms with Crippen LogP contribution in [0, 0.1) is 0 Å². The first-order valence-corrected chi connectivity index (χ1v) is 8.60. The number of hydrogen-bond acceptors (Lipinski definition) is 5. The summed E-state index contributed by atoms with van der Waals surface area (Å²) in [4.78, 5) is 16.9. The first-order valence-electron chi connectivity index (χ1n) is 8.60. The van der Waals surface area contributed by atoms with Gasteiger partial charge in [-0.05, 0) is 41.9 Å². The van der Waals surface area contributed by atoms with Crippen molar-refractivity contribution in [3.8, 4) is 0 Å². The summed E-state index contributed by atoms with van der Waals surface area (Å²) < 4.78 is 1.83. The quantitative estimate of drug-likeness (QED) is 0.774. The highest BCUT2D eigenvalue weighted by atomic mass is 16.2. The Kier molecular flexibility index (Phi) is 5.20. The average molecular weight is 328 g/mol. The molecule has 0 bridgehead atoms. The summed E-state index contributed by atoms with van der Waals surface area (Å²) in [5, 5.41) is 11.9. The third kappa shape index (κ3) is 3.31. The number of anilines is 1. The van der Waals surface area contributed by atoms with E-state index in [9.17, 15) is 4.79 Å². The van der Waals surface area contributed by atoms with Crippen LogP contribution in [0.15, 0.2) is 30.3 Å². The molecule has 0 radical (unpaired) electrons. The summed E-state index contributed by atoms with van der Waals surface area (Å²) in [5.74, 6) is 0.988. The second kappa shape index (κ2) is 7.53. The molecular weight excluding hydrogens is 304 g/mol. The Bertz CT molecular complexity index is 671. The Labute approximate surface area is 142 Å². The molecular formula is C17H24N6O. The summed E-state index contributed by atoms with van der Waals surface area (Å²) in [6.45, 7) is 7.12. The van der Waals surface area contributed by atoms with Gasteiger partial charge in [0.15, 0.2) is 5.82 Å². The maximum atomic E-state index is 12.9. The standard InChI is InChI=1S/C17H24N6O/c1-3-11-23-16(18-19-20-23)13-21(4-2)15-10-12-22(17(15)24)14-8-6-5-7-9-14/h5-9,15H,3-4,10-13H2,1-2H3/t15-/m1/s1. The molecule has 1 amide bonds. The Morgan fingerprint density at radius 1 is 1.25 bits per heavy atom. The lowest BCUT2D eigenvalue weighted by atomic mass is 10.2. The fourth-order valence-corrected chi connectivity index (χ4v) is 3.21. The molecule has 1 aromatic heterocycles. The van der Waals surface area contributed by atoms with Gasteiger partial charge in [0.2, 0.25) is 5.91 Å². The zero-order valence-electron chi connectivity index (χ0n) is 14.3. The van der Waals surface area contributed by atoms with Crippen LogP contribution in [0.4, 0.5) is 5.69 Å². The van der Waals surface area contributed by atoms with Crippen LogP contribution in [0.1, 0.15) is 32.5 Å². The van der Waals surface area contributed by atoms with Gasteiger partial charge in [-0.3, -0.25) is 9.69 Å². The number of carbonyl (C=O) groups excluding carboxylic acids is 1. The van der Waals surface area contributed by atoms with Crippen LogP contribution in [-0.4, -0.2) is 50.1 Å². The van der Waals surface area contributed by atoms with Crippen molar-refractivity contribution >= 4 is 11.6 Å². The lowest BCUT2D eigenvalue weighted by Gasteiger charge is -2.26. The van der Waals surface area contributed by atoms with E-state index in [1.165, 1.54) is 0 Å². The van der Waals surface area contributed by atoms with Crippen molar-refractivity contribution in [2.75, 3.05) is 18.0 Å². The fraction of sp³-hybridized carbons (Fsp3) is 0.529. The van der Waals surface area contributed by atoms with Gasteiger partial charge in [0.25, 0.3) is 0 Å². The highest BCUT2D eigenvalue weighted by Gasteiger charge is 2.36. The van der Waals surface area contributed by atoms with Crippen LogP contribution >= 0.6 is 0 Å². The molecule has 7 nitrogen and oxygen atoms in total. The minimum atomic E-state index is -0.109. The van der Waals surface area contributed by atoms with Gasteiger partial charge in [-0.2, -0.15) is 0 Å². The average Bonchev–Trinajstić information content (AvgIpc) is 3.20. The molecule has 0 N–H and O–H groups in total. The molecule has 1 atom stereocenters. The van der Waals surface area contributed by atoms with Crippen LogP contribution in [-0.2, 0) is 17.9 Å². The van der Waals surface area contributed by atoms with Crippen LogP contribution < -0.4 is 4.90 Å². The summed E-state index contributed by atoms with van der Waals surface area (Å²) in [7, 11) is 0. The molecule has 1 aromatic carbocycles. The summed E-state index contributed by atoms with van der Waals surface area (Å²) in [6.07, 6.45) is 1.81. The number of aryl methyl sites for hydroxylation is 1. The third-order valence-electron chi connectivity index (χ3n) is 4.48. The molecule has 0 aliphatic carbocycles. The number of likely N-dealkylation sites (N-methyl/N-ethyl adjacent to an activating group) is 1. The molecule has 2 aromatic rings. The number of rotatable bonds is 7. The Morgan fingerprint density at radius 3 is 2.75 bits per heavy atom. The first-order chi connectivity index (χ1) is 11.7. The van der Waals surface area contributed by atoms with Crippen molar-refractivity contribution in [2.45, 2.75) is 45.8 Å². The van der Waals surface area contributed by atoms with E-state index in [0.29, 0.717) is 6.54 Å². The monoisotopic (exact) mass is 328 g/mol. The van der Waals surface area contributed by atoms with E-state index in [1.54, 1.807) is 0 Å². The molecule has 1 aliphatic heterocycles. The van der Waals surface area contributed by atoms with Crippen molar-refractivity contribution in [3.63, 3.8) is 0 Å². The van der Waals surface area contributed by atoms with Crippen molar-refractivity contribution in [2.24, 2.45) is 0 Å². The molecule has 1 fully saturated rings. The maximum Gasteiger partial charge on any atom is 0.244 e. The van der Waals surface area contributed by atoms with E-state index in [0.717, 1.165) is 44.0 Å². The van der Waals surface area contributed by atoms with Crippen LogP contribution in [0.25, 0.3) is 0 Å². The number of tetrazole rings is 1. The number of para-hydroxylation sites is 1. The van der Waals surface area contributed by atoms with Gasteiger partial charge < -0.3 is 4.90 Å². The Morgan fingerprint density at radius 2 is 2.04 bits per heavy atom. The first kappa shape index (κ1) is 16.6. The molecule has 2 heterocycles. The van der Waals surface area contributed by atoms with Gasteiger partial charge in [0.05, 0.1) is 12.6 Å². The van der Waals surface area contributed by atoms with Crippen LogP contribution in [0.3, 0.4) is 0 Å². The van der Waals surface area contributed by atoms with E-state index in [1.807, 2.05) is 39.9 Å². The summed E-state index contributed by atoms with van der Waals surface area (Å²) in [5.41, 5.74) is 0.969. The third-order valence-corrected chi connectivity index (χ3v) is 4.48. The van der Waals surface area contributed by atoms with Gasteiger partial charge in [0.1, 0.15) is 0 Å². The molecule has 0 spiro atoms. The lowest BCUT2D eigenvalue weighted by Crippen LogP contribution is -2.42. The number of nitrogens with zero attached hydrogens (tertiary/aromatic N) is 6. The fourth-order valence-electron chi connectivity index (χ4n) is 3.21. The maximum absolute atomic E-state index is 12.9. The molecule has 1 saturated heterocycles. The topological polar surface area (TPSA) is 67.2 Å². The van der Waals surface area contributed by atoms with Gasteiger partial charge in [-0.15, -0.1) is 5.10 Å². The van der Waals surface area contributed by atoms with E-state index >= 15 is 0 Å². The van der Waals surface area contributed by atoms with Crippen molar-refractivity contribution in [3.05, 3.63) is 36.2 Å². The smallest absolute Gasteiger partial charge is 0.244 e. The Balaban J connectivity index is 1.72. The van der Waals surface area contributed by atoms with E-state index in [2.05, 4.69) is 34.3 Å². The number of aromatic nitrogens is 4. The van der Waals surface area contributed by atoms with Gasteiger partial charge in [0, 0.05) is 18.8 Å². The minimum absolute atomic E-state index is 0.109. The van der Waals surface area contributed by atoms with E-state index in [4.69, 9.17) is 0 Å². The zero-order chi connectivity index (χ0) is 16.9. The molecule has 3 rings (SSSR count). The largest absolute Gasteiger partial charge is 0.311 e. The highest BCUT2D eigenvalue weighted by molar-refractivity contribution is 5.99. The number of carbonyl (C=O) groups is 1. The number of benzene rings is 1. The summed E-state index contributed by atoms with van der Waals surface area (Å²) in [6, 6.07) is 9.75. The van der Waals surface area contributed by atoms with E-state index in [-0.39, 0.29) is 11.9 Å². The van der Waals surface area contributed by atoms with Crippen LogP contribution in [0.5, 0.6) is 0 Å². The van der Waals surface area contributed by atoms with Gasteiger partial charge >= 0.3 is 0 Å². The molecule has 7 heteroatoms. The highest BCUT2D eigenvalue weighted by Crippen LogP contribution is 2.24. The van der Waals surface area contributed by atoms with E-state index < -0.39 is 0 Å². The predicted octanol–water partition coefficient (Wildman–Crippen LogP) is 1.71. The normalized spacial score (nSPS) is 17.9. The van der Waals surface area contributed by atoms with Gasteiger partial charge in [-0.25, -0.2) is 4.68 Å². The van der Waals surface area contributed by atoms with Crippen molar-refractivity contribution < 1.29 is 4.79 Å². The number of hydrogen-bond donors (Lipinski definition) is 0. The van der Waals surface area contributed by atoms with Crippen molar-refractivity contribution in [1.82, 2.24) is 25.1 Å². The van der Waals surface area contributed by atoms with Gasteiger partial charge in [-0.1, -0.05) is 32.0 Å². The number of amides is 1. The second-order valence-corrected chi connectivity index (χ2v) is 6.01.